The maximum absolute atomic E-state index is 11.7. The van der Waals surface area contributed by atoms with Crippen molar-refractivity contribution in [2.24, 2.45) is 17.6 Å². The van der Waals surface area contributed by atoms with Gasteiger partial charge in [0, 0.05) is 37.3 Å². The van der Waals surface area contributed by atoms with Crippen molar-refractivity contribution >= 4 is 30.2 Å². The smallest absolute Gasteiger partial charge is 0.244 e. The average molecular weight is 835 g/mol. The van der Waals surface area contributed by atoms with Crippen LogP contribution >= 0.6 is 15.9 Å². The lowest BCUT2D eigenvalue weighted by Gasteiger charge is -2.42. The van der Waals surface area contributed by atoms with E-state index in [4.69, 9.17) is 38.6 Å². The van der Waals surface area contributed by atoms with Crippen molar-refractivity contribution in [3.05, 3.63) is 81.4 Å². The molecule has 0 spiro atoms. The van der Waals surface area contributed by atoms with Gasteiger partial charge in [0.25, 0.3) is 0 Å². The molecule has 0 aliphatic heterocycles. The summed E-state index contributed by atoms with van der Waals surface area (Å²) in [5.74, 6) is 1.15. The molecule has 0 radical (unpaired) electrons. The zero-order chi connectivity index (χ0) is 40.6. The van der Waals surface area contributed by atoms with Crippen LogP contribution in [0.2, 0.25) is 18.1 Å². The number of nitrogens with two attached hydrogens (primary N) is 1. The summed E-state index contributed by atoms with van der Waals surface area (Å²) < 4.78 is 44.3. The Kier molecular flexibility index (Phi) is 20.2. The summed E-state index contributed by atoms with van der Waals surface area (Å²) in [6.45, 7) is 20.0. The lowest BCUT2D eigenvalue weighted by molar-refractivity contribution is -0.136. The van der Waals surface area contributed by atoms with Gasteiger partial charge in [0.15, 0.2) is 19.8 Å². The van der Waals surface area contributed by atoms with Crippen LogP contribution in [0.15, 0.2) is 70.2 Å². The summed E-state index contributed by atoms with van der Waals surface area (Å²) in [4.78, 5) is 11.7. The fourth-order valence-corrected chi connectivity index (χ4v) is 8.14. The Balaban J connectivity index is 2.39. The van der Waals surface area contributed by atoms with Crippen LogP contribution in [0.25, 0.3) is 0 Å². The van der Waals surface area contributed by atoms with E-state index >= 15 is 0 Å². The third kappa shape index (κ3) is 14.9. The quantitative estimate of drug-likeness (QED) is 0.0482. The summed E-state index contributed by atoms with van der Waals surface area (Å²) in [5, 5.41) is -0.00883. The molecule has 2 N–H and O–H groups in total. The van der Waals surface area contributed by atoms with Gasteiger partial charge in [-0.1, -0.05) is 93.0 Å². The lowest BCUT2D eigenvalue weighted by Crippen LogP contribution is -2.48. The number of hydrogen-bond acceptors (Lipinski definition) is 8. The molecule has 6 atom stereocenters. The minimum absolute atomic E-state index is 0.00883. The molecule has 0 aliphatic rings. The molecule has 0 aliphatic carbocycles. The largest absolute Gasteiger partial charge is 0.493 e. The van der Waals surface area contributed by atoms with Crippen LogP contribution < -0.4 is 15.2 Å². The molecule has 0 heterocycles. The number of carbonyl (C=O) groups is 1. The van der Waals surface area contributed by atoms with Gasteiger partial charge in [-0.15, -0.1) is 0 Å². The highest BCUT2D eigenvalue weighted by molar-refractivity contribution is 9.10. The normalized spacial score (nSPS) is 16.3. The second-order valence-electron chi connectivity index (χ2n) is 15.9. The van der Waals surface area contributed by atoms with Crippen molar-refractivity contribution in [1.82, 2.24) is 0 Å². The standard InChI is InChI=1S/C43H68BrNO8Si/c1-29(22-34-25-35(44)26-38(41(34)50-11)51-27-33-19-15-14-16-20-33)23-37(49-10)39(52-28-47-8)31(3)24-32(4)40(53-54(12,13)43(5,6)7)36(48-9)21-17-18-30(2)42(45)46/h14-16,18-20,24-26,29,31,36-37,39-40H,17,21-23,27-28H2,1-13H3,(H2,45,46)/b30-18+,32-24+/t29-,31+,36+,37+,39-,40+/m1/s1. The van der Waals surface area contributed by atoms with Crippen LogP contribution in [0.3, 0.4) is 0 Å². The second kappa shape index (κ2) is 22.9. The average Bonchev–Trinajstić information content (AvgIpc) is 3.10. The van der Waals surface area contributed by atoms with Gasteiger partial charge < -0.3 is 38.6 Å². The zero-order valence-corrected chi connectivity index (χ0v) is 37.7. The topological polar surface area (TPSA) is 108 Å². The maximum atomic E-state index is 11.7. The molecule has 0 aromatic heterocycles. The molecular formula is C43H68BrNO8Si. The second-order valence-corrected chi connectivity index (χ2v) is 21.6. The van der Waals surface area contributed by atoms with E-state index in [2.05, 4.69) is 82.7 Å². The third-order valence-corrected chi connectivity index (χ3v) is 15.4. The Morgan fingerprint density at radius 3 is 2.19 bits per heavy atom. The van der Waals surface area contributed by atoms with Crippen molar-refractivity contribution in [3.63, 3.8) is 0 Å². The monoisotopic (exact) mass is 833 g/mol. The van der Waals surface area contributed by atoms with Gasteiger partial charge in [-0.05, 0) is 92.4 Å². The van der Waals surface area contributed by atoms with Gasteiger partial charge in [-0.2, -0.15) is 0 Å². The predicted octanol–water partition coefficient (Wildman–Crippen LogP) is 9.81. The Morgan fingerprint density at radius 2 is 1.63 bits per heavy atom. The van der Waals surface area contributed by atoms with E-state index in [1.807, 2.05) is 42.5 Å². The Hall–Kier alpha value is -2.51. The minimum atomic E-state index is -2.22. The third-order valence-electron chi connectivity index (χ3n) is 10.4. The maximum Gasteiger partial charge on any atom is 0.244 e. The number of allylic oxidation sites excluding steroid dienone is 1. The number of hydrogen-bond donors (Lipinski definition) is 1. The first-order valence-electron chi connectivity index (χ1n) is 18.9. The van der Waals surface area contributed by atoms with E-state index in [0.29, 0.717) is 30.8 Å². The molecule has 54 heavy (non-hydrogen) atoms. The Morgan fingerprint density at radius 1 is 0.981 bits per heavy atom. The highest BCUT2D eigenvalue weighted by Crippen LogP contribution is 2.40. The number of carbonyl (C=O) groups excluding carboxylic acids is 1. The Labute approximate surface area is 335 Å². The molecule has 2 rings (SSSR count). The molecule has 0 bridgehead atoms. The summed E-state index contributed by atoms with van der Waals surface area (Å²) >= 11 is 3.69. The van der Waals surface area contributed by atoms with E-state index in [-0.39, 0.29) is 48.1 Å². The van der Waals surface area contributed by atoms with Crippen LogP contribution in [-0.2, 0) is 41.2 Å². The van der Waals surface area contributed by atoms with Gasteiger partial charge in [0.1, 0.15) is 13.4 Å². The highest BCUT2D eigenvalue weighted by Gasteiger charge is 2.41. The lowest BCUT2D eigenvalue weighted by atomic mass is 9.88. The fourth-order valence-electron chi connectivity index (χ4n) is 6.33. The number of benzene rings is 2. The van der Waals surface area contributed by atoms with Crippen LogP contribution in [0.4, 0.5) is 0 Å². The van der Waals surface area contributed by atoms with Gasteiger partial charge in [-0.3, -0.25) is 4.79 Å². The molecular weight excluding hydrogens is 766 g/mol. The minimum Gasteiger partial charge on any atom is -0.493 e. The van der Waals surface area contributed by atoms with E-state index < -0.39 is 14.2 Å². The number of rotatable bonds is 24. The van der Waals surface area contributed by atoms with Crippen molar-refractivity contribution < 1.29 is 37.6 Å². The molecule has 0 saturated carbocycles. The van der Waals surface area contributed by atoms with Crippen LogP contribution in [-0.4, -0.2) is 73.9 Å². The summed E-state index contributed by atoms with van der Waals surface area (Å²) in [5.41, 5.74) is 9.23. The number of methoxy groups -OCH3 is 4. The van der Waals surface area contributed by atoms with Crippen molar-refractivity contribution in [2.45, 2.75) is 123 Å². The van der Waals surface area contributed by atoms with Crippen LogP contribution in [0.5, 0.6) is 11.5 Å². The molecule has 0 fully saturated rings. The first-order valence-corrected chi connectivity index (χ1v) is 22.6. The summed E-state index contributed by atoms with van der Waals surface area (Å²) in [7, 11) is 4.55. The fraction of sp³-hybridized carbons (Fsp3) is 0.605. The van der Waals surface area contributed by atoms with Crippen molar-refractivity contribution in [1.29, 1.82) is 0 Å². The first-order chi connectivity index (χ1) is 25.4. The van der Waals surface area contributed by atoms with E-state index in [1.54, 1.807) is 35.4 Å². The molecule has 1 amide bonds. The predicted molar refractivity (Wildman–Crippen MR) is 224 cm³/mol. The van der Waals surface area contributed by atoms with Crippen molar-refractivity contribution in [3.8, 4) is 11.5 Å². The molecule has 9 nitrogen and oxygen atoms in total. The summed E-state index contributed by atoms with van der Waals surface area (Å²) in [6, 6.07) is 14.1. The first kappa shape index (κ1) is 47.6. The number of amides is 1. The van der Waals surface area contributed by atoms with Gasteiger partial charge in [0.05, 0.1) is 31.5 Å². The van der Waals surface area contributed by atoms with Gasteiger partial charge in [0.2, 0.25) is 5.91 Å². The van der Waals surface area contributed by atoms with Crippen LogP contribution in [0.1, 0.15) is 78.9 Å². The number of halogens is 1. The molecule has 2 aromatic carbocycles. The Bertz CT molecular complexity index is 1490. The number of ether oxygens (including phenoxy) is 6. The van der Waals surface area contributed by atoms with Gasteiger partial charge in [-0.25, -0.2) is 0 Å². The molecule has 2 aromatic rings. The molecule has 11 heteroatoms. The van der Waals surface area contributed by atoms with Crippen LogP contribution in [0, 0.1) is 11.8 Å². The summed E-state index contributed by atoms with van der Waals surface area (Å²) in [6.07, 6.45) is 5.81. The van der Waals surface area contributed by atoms with Gasteiger partial charge >= 0.3 is 0 Å². The molecule has 0 unspecified atom stereocenters. The molecule has 304 valence electrons. The molecule has 0 saturated heterocycles. The van der Waals surface area contributed by atoms with Crippen molar-refractivity contribution in [2.75, 3.05) is 35.2 Å². The highest BCUT2D eigenvalue weighted by atomic mass is 79.9. The SMILES string of the molecule is COCO[C@@H]([C@H](C[C@H](C)Cc1cc(Br)cc(OCc2ccccc2)c1OC)OC)[C@@H](C)/C=C(\C)[C@H](O[Si](C)(C)C(C)(C)C)[C@H](CC/C=C(\C)C(N)=O)OC. The van der Waals surface area contributed by atoms with E-state index in [1.165, 1.54) is 0 Å². The van der Waals surface area contributed by atoms with E-state index in [0.717, 1.165) is 39.8 Å². The number of primary amides is 1. The zero-order valence-electron chi connectivity index (χ0n) is 35.1. The van der Waals surface area contributed by atoms with E-state index in [9.17, 15) is 4.79 Å².